The zero-order valence-corrected chi connectivity index (χ0v) is 9.38. The molecule has 84 valence electrons. The van der Waals surface area contributed by atoms with E-state index in [-0.39, 0.29) is 17.9 Å². The van der Waals surface area contributed by atoms with Crippen LogP contribution in [0.3, 0.4) is 0 Å². The molecule has 4 nitrogen and oxygen atoms in total. The SMILES string of the molecule is CC[C@H](C)[C@H](NCCCOC)C(N)=O. The van der Waals surface area contributed by atoms with Crippen LogP contribution >= 0.6 is 0 Å². The van der Waals surface area contributed by atoms with Crippen molar-refractivity contribution < 1.29 is 9.53 Å². The topological polar surface area (TPSA) is 64.3 Å². The Morgan fingerprint density at radius 2 is 2.21 bits per heavy atom. The fourth-order valence-electron chi connectivity index (χ4n) is 1.29. The van der Waals surface area contributed by atoms with E-state index in [0.29, 0.717) is 6.61 Å². The molecule has 0 aliphatic carbocycles. The van der Waals surface area contributed by atoms with E-state index in [1.165, 1.54) is 0 Å². The smallest absolute Gasteiger partial charge is 0.234 e. The number of ether oxygens (including phenoxy) is 1. The molecule has 0 aliphatic rings. The number of carbonyl (C=O) groups excluding carboxylic acids is 1. The summed E-state index contributed by atoms with van der Waals surface area (Å²) in [7, 11) is 1.67. The maximum Gasteiger partial charge on any atom is 0.234 e. The van der Waals surface area contributed by atoms with Gasteiger partial charge in [0.15, 0.2) is 0 Å². The summed E-state index contributed by atoms with van der Waals surface area (Å²) < 4.78 is 4.91. The number of rotatable bonds is 8. The van der Waals surface area contributed by atoms with E-state index >= 15 is 0 Å². The van der Waals surface area contributed by atoms with E-state index in [1.807, 2.05) is 6.92 Å². The molecule has 2 atom stereocenters. The van der Waals surface area contributed by atoms with E-state index in [4.69, 9.17) is 10.5 Å². The largest absolute Gasteiger partial charge is 0.385 e. The van der Waals surface area contributed by atoms with E-state index in [9.17, 15) is 4.79 Å². The minimum Gasteiger partial charge on any atom is -0.385 e. The number of primary amides is 1. The maximum atomic E-state index is 11.1. The number of carbonyl (C=O) groups is 1. The number of amides is 1. The zero-order valence-electron chi connectivity index (χ0n) is 9.38. The van der Waals surface area contributed by atoms with Crippen LogP contribution in [0.15, 0.2) is 0 Å². The molecule has 0 saturated carbocycles. The Morgan fingerprint density at radius 3 is 2.64 bits per heavy atom. The van der Waals surface area contributed by atoms with Gasteiger partial charge in [-0.3, -0.25) is 4.79 Å². The summed E-state index contributed by atoms with van der Waals surface area (Å²) in [6.45, 7) is 5.56. The van der Waals surface area contributed by atoms with Crippen LogP contribution in [0.2, 0.25) is 0 Å². The summed E-state index contributed by atoms with van der Waals surface area (Å²) in [6, 6.07) is -0.211. The predicted molar refractivity (Wildman–Crippen MR) is 56.9 cm³/mol. The first-order valence-electron chi connectivity index (χ1n) is 5.15. The van der Waals surface area contributed by atoms with Crippen LogP contribution in [-0.4, -0.2) is 32.2 Å². The monoisotopic (exact) mass is 202 g/mol. The molecule has 0 unspecified atom stereocenters. The van der Waals surface area contributed by atoms with Gasteiger partial charge in [-0.15, -0.1) is 0 Å². The minimum absolute atomic E-state index is 0.211. The second kappa shape index (κ2) is 7.76. The first-order valence-corrected chi connectivity index (χ1v) is 5.15. The fourth-order valence-corrected chi connectivity index (χ4v) is 1.29. The van der Waals surface area contributed by atoms with E-state index in [2.05, 4.69) is 12.2 Å². The molecule has 1 amide bonds. The molecule has 0 saturated heterocycles. The Balaban J connectivity index is 3.80. The lowest BCUT2D eigenvalue weighted by molar-refractivity contribution is -0.121. The van der Waals surface area contributed by atoms with E-state index < -0.39 is 0 Å². The van der Waals surface area contributed by atoms with E-state index in [1.54, 1.807) is 7.11 Å². The van der Waals surface area contributed by atoms with Crippen molar-refractivity contribution in [2.45, 2.75) is 32.7 Å². The van der Waals surface area contributed by atoms with Crippen LogP contribution in [0.5, 0.6) is 0 Å². The van der Waals surface area contributed by atoms with Crippen molar-refractivity contribution in [2.24, 2.45) is 11.7 Å². The summed E-state index contributed by atoms with van der Waals surface area (Å²) in [6.07, 6.45) is 1.85. The molecule has 0 bridgehead atoms. The molecule has 0 aliphatic heterocycles. The number of methoxy groups -OCH3 is 1. The molecule has 4 heteroatoms. The van der Waals surface area contributed by atoms with Crippen molar-refractivity contribution in [3.05, 3.63) is 0 Å². The second-order valence-corrected chi connectivity index (χ2v) is 3.57. The predicted octanol–water partition coefficient (Wildman–Crippen LogP) is 0.513. The van der Waals surface area contributed by atoms with Gasteiger partial charge in [-0.2, -0.15) is 0 Å². The fraction of sp³-hybridized carbons (Fsp3) is 0.900. The lowest BCUT2D eigenvalue weighted by Gasteiger charge is -2.20. The number of hydrogen-bond acceptors (Lipinski definition) is 3. The highest BCUT2D eigenvalue weighted by molar-refractivity contribution is 5.80. The van der Waals surface area contributed by atoms with Crippen LogP contribution in [0.1, 0.15) is 26.7 Å². The average Bonchev–Trinajstić information content (AvgIpc) is 2.16. The van der Waals surface area contributed by atoms with Gasteiger partial charge in [-0.25, -0.2) is 0 Å². The summed E-state index contributed by atoms with van der Waals surface area (Å²) >= 11 is 0. The van der Waals surface area contributed by atoms with Crippen LogP contribution in [-0.2, 0) is 9.53 Å². The molecular weight excluding hydrogens is 180 g/mol. The molecule has 0 aromatic heterocycles. The van der Waals surface area contributed by atoms with Gasteiger partial charge in [-0.1, -0.05) is 20.3 Å². The zero-order chi connectivity index (χ0) is 11.0. The standard InChI is InChI=1S/C10H22N2O2/c1-4-8(2)9(10(11)13)12-6-5-7-14-3/h8-9,12H,4-7H2,1-3H3,(H2,11,13)/t8-,9-/m0/s1. The summed E-state index contributed by atoms with van der Waals surface area (Å²) in [5, 5.41) is 3.15. The molecule has 0 heterocycles. The van der Waals surface area contributed by atoms with Gasteiger partial charge < -0.3 is 15.8 Å². The summed E-state index contributed by atoms with van der Waals surface area (Å²) in [4.78, 5) is 11.1. The lowest BCUT2D eigenvalue weighted by Crippen LogP contribution is -2.46. The first-order chi connectivity index (χ1) is 6.63. The van der Waals surface area contributed by atoms with Crippen molar-refractivity contribution in [3.63, 3.8) is 0 Å². The van der Waals surface area contributed by atoms with E-state index in [0.717, 1.165) is 19.4 Å². The van der Waals surface area contributed by atoms with Crippen LogP contribution < -0.4 is 11.1 Å². The molecule has 0 aromatic carbocycles. The van der Waals surface area contributed by atoms with Crippen molar-refractivity contribution in [1.82, 2.24) is 5.32 Å². The van der Waals surface area contributed by atoms with Gasteiger partial charge >= 0.3 is 0 Å². The highest BCUT2D eigenvalue weighted by Gasteiger charge is 2.20. The Kier molecular flexibility index (Phi) is 7.42. The van der Waals surface area contributed by atoms with Gasteiger partial charge in [-0.05, 0) is 18.9 Å². The molecule has 0 aromatic rings. The van der Waals surface area contributed by atoms with Crippen molar-refractivity contribution in [3.8, 4) is 0 Å². The molecular formula is C10H22N2O2. The van der Waals surface area contributed by atoms with Gasteiger partial charge in [0.25, 0.3) is 0 Å². The number of nitrogens with two attached hydrogens (primary N) is 1. The second-order valence-electron chi connectivity index (χ2n) is 3.57. The molecule has 0 fully saturated rings. The summed E-state index contributed by atoms with van der Waals surface area (Å²) in [5.41, 5.74) is 5.30. The Hall–Kier alpha value is -0.610. The lowest BCUT2D eigenvalue weighted by atomic mass is 9.98. The first kappa shape index (κ1) is 13.4. The molecule has 0 rings (SSSR count). The van der Waals surface area contributed by atoms with Crippen LogP contribution in [0, 0.1) is 5.92 Å². The van der Waals surface area contributed by atoms with Crippen molar-refractivity contribution >= 4 is 5.91 Å². The van der Waals surface area contributed by atoms with Crippen molar-refractivity contribution in [2.75, 3.05) is 20.3 Å². The Morgan fingerprint density at radius 1 is 1.57 bits per heavy atom. The Bertz CT molecular complexity index is 162. The minimum atomic E-state index is -0.267. The number of nitrogens with one attached hydrogen (secondary N) is 1. The number of hydrogen-bond donors (Lipinski definition) is 2. The highest BCUT2D eigenvalue weighted by Crippen LogP contribution is 2.06. The quantitative estimate of drug-likeness (QED) is 0.564. The molecule has 0 spiro atoms. The third-order valence-corrected chi connectivity index (χ3v) is 2.41. The maximum absolute atomic E-state index is 11.1. The molecule has 3 N–H and O–H groups in total. The van der Waals surface area contributed by atoms with Gasteiger partial charge in [0.05, 0.1) is 6.04 Å². The van der Waals surface area contributed by atoms with Gasteiger partial charge in [0.1, 0.15) is 0 Å². The third-order valence-electron chi connectivity index (χ3n) is 2.41. The van der Waals surface area contributed by atoms with Crippen molar-refractivity contribution in [1.29, 1.82) is 0 Å². The highest BCUT2D eigenvalue weighted by atomic mass is 16.5. The third kappa shape index (κ3) is 5.19. The Labute approximate surface area is 86.2 Å². The van der Waals surface area contributed by atoms with Gasteiger partial charge in [0.2, 0.25) is 5.91 Å². The van der Waals surface area contributed by atoms with Gasteiger partial charge in [0, 0.05) is 13.7 Å². The molecule has 0 radical (unpaired) electrons. The van der Waals surface area contributed by atoms with Crippen LogP contribution in [0.4, 0.5) is 0 Å². The summed E-state index contributed by atoms with van der Waals surface area (Å²) in [5.74, 6) is 0.0202. The normalized spacial score (nSPS) is 15.1. The van der Waals surface area contributed by atoms with Crippen LogP contribution in [0.25, 0.3) is 0 Å². The average molecular weight is 202 g/mol. The molecule has 14 heavy (non-hydrogen) atoms.